The molecule has 0 aliphatic carbocycles. The largest absolute Gasteiger partial charge is 0.387 e. The molecule has 0 aliphatic rings. The molecule has 1 aromatic heterocycles. The van der Waals surface area contributed by atoms with Crippen molar-refractivity contribution in [1.29, 1.82) is 0 Å². The summed E-state index contributed by atoms with van der Waals surface area (Å²) in [6.07, 6.45) is -0.722. The van der Waals surface area contributed by atoms with Crippen LogP contribution in [-0.4, -0.2) is 17.6 Å². The number of carbonyl (C=O) groups excluding carboxylic acids is 1. The maximum Gasteiger partial charge on any atom is 0.261 e. The SMILES string of the molecule is O=C(NC[C@H](O)c1cccc2ccccc12)c1cccs1. The fraction of sp³-hybridized carbons (Fsp3) is 0.118. The monoisotopic (exact) mass is 297 g/mol. The number of aliphatic hydroxyl groups is 1. The second-order valence-electron chi connectivity index (χ2n) is 4.77. The first-order chi connectivity index (χ1) is 10.3. The Morgan fingerprint density at radius 3 is 2.71 bits per heavy atom. The Labute approximate surface area is 126 Å². The summed E-state index contributed by atoms with van der Waals surface area (Å²) in [5, 5.41) is 17.1. The molecule has 0 fully saturated rings. The fourth-order valence-electron chi connectivity index (χ4n) is 2.34. The summed E-state index contributed by atoms with van der Waals surface area (Å²) >= 11 is 1.39. The second-order valence-corrected chi connectivity index (χ2v) is 5.72. The average Bonchev–Trinajstić information content (AvgIpc) is 3.06. The van der Waals surface area contributed by atoms with Crippen molar-refractivity contribution in [2.24, 2.45) is 0 Å². The molecule has 3 rings (SSSR count). The van der Waals surface area contributed by atoms with Crippen LogP contribution in [0.3, 0.4) is 0 Å². The van der Waals surface area contributed by atoms with E-state index in [0.29, 0.717) is 4.88 Å². The van der Waals surface area contributed by atoms with Crippen LogP contribution in [0.2, 0.25) is 0 Å². The number of hydrogen-bond donors (Lipinski definition) is 2. The maximum atomic E-state index is 11.9. The minimum Gasteiger partial charge on any atom is -0.387 e. The molecule has 3 nitrogen and oxygen atoms in total. The lowest BCUT2D eigenvalue weighted by atomic mass is 10.0. The molecule has 1 amide bonds. The van der Waals surface area contributed by atoms with E-state index in [4.69, 9.17) is 0 Å². The van der Waals surface area contributed by atoms with E-state index >= 15 is 0 Å². The van der Waals surface area contributed by atoms with Crippen LogP contribution < -0.4 is 5.32 Å². The Morgan fingerprint density at radius 2 is 1.90 bits per heavy atom. The molecular formula is C17H15NO2S. The van der Waals surface area contributed by atoms with Gasteiger partial charge < -0.3 is 10.4 Å². The average molecular weight is 297 g/mol. The van der Waals surface area contributed by atoms with E-state index in [1.165, 1.54) is 11.3 Å². The van der Waals surface area contributed by atoms with Crippen LogP contribution in [0.4, 0.5) is 0 Å². The minimum absolute atomic E-state index is 0.149. The maximum absolute atomic E-state index is 11.9. The number of aliphatic hydroxyl groups excluding tert-OH is 1. The van der Waals surface area contributed by atoms with Crippen molar-refractivity contribution in [1.82, 2.24) is 5.32 Å². The number of amides is 1. The van der Waals surface area contributed by atoms with Gasteiger partial charge in [-0.15, -0.1) is 11.3 Å². The summed E-state index contributed by atoms with van der Waals surface area (Å²) in [6, 6.07) is 17.3. The lowest BCUT2D eigenvalue weighted by Crippen LogP contribution is -2.27. The first-order valence-corrected chi connectivity index (χ1v) is 7.61. The molecule has 0 radical (unpaired) electrons. The van der Waals surface area contributed by atoms with Crippen molar-refractivity contribution in [3.05, 3.63) is 70.4 Å². The summed E-state index contributed by atoms with van der Waals surface area (Å²) in [6.45, 7) is 0.199. The normalized spacial score (nSPS) is 12.2. The number of hydrogen-bond acceptors (Lipinski definition) is 3. The van der Waals surface area contributed by atoms with Gasteiger partial charge in [-0.1, -0.05) is 48.5 Å². The van der Waals surface area contributed by atoms with Crippen LogP contribution in [0, 0.1) is 0 Å². The number of rotatable bonds is 4. The Hall–Kier alpha value is -2.17. The zero-order chi connectivity index (χ0) is 14.7. The zero-order valence-corrected chi connectivity index (χ0v) is 12.1. The molecule has 0 bridgehead atoms. The van der Waals surface area contributed by atoms with E-state index in [-0.39, 0.29) is 12.5 Å². The van der Waals surface area contributed by atoms with Crippen molar-refractivity contribution >= 4 is 28.0 Å². The first kappa shape index (κ1) is 13.8. The lowest BCUT2D eigenvalue weighted by molar-refractivity contribution is 0.0921. The van der Waals surface area contributed by atoms with Crippen LogP contribution >= 0.6 is 11.3 Å². The summed E-state index contributed by atoms with van der Waals surface area (Å²) in [5.74, 6) is -0.149. The van der Waals surface area contributed by atoms with Crippen LogP contribution in [0.25, 0.3) is 10.8 Å². The van der Waals surface area contributed by atoms with Gasteiger partial charge in [-0.05, 0) is 27.8 Å². The van der Waals surface area contributed by atoms with E-state index in [9.17, 15) is 9.90 Å². The Balaban J connectivity index is 1.75. The molecule has 1 heterocycles. The highest BCUT2D eigenvalue weighted by atomic mass is 32.1. The van der Waals surface area contributed by atoms with Crippen molar-refractivity contribution < 1.29 is 9.90 Å². The van der Waals surface area contributed by atoms with E-state index in [1.54, 1.807) is 6.07 Å². The molecule has 2 N–H and O–H groups in total. The van der Waals surface area contributed by atoms with Crippen molar-refractivity contribution in [3.63, 3.8) is 0 Å². The van der Waals surface area contributed by atoms with Crippen LogP contribution in [0.1, 0.15) is 21.3 Å². The molecule has 0 unspecified atom stereocenters. The molecular weight excluding hydrogens is 282 g/mol. The molecule has 0 spiro atoms. The summed E-state index contributed by atoms with van der Waals surface area (Å²) < 4.78 is 0. The van der Waals surface area contributed by atoms with E-state index < -0.39 is 6.10 Å². The molecule has 106 valence electrons. The van der Waals surface area contributed by atoms with Crippen LogP contribution in [-0.2, 0) is 0 Å². The van der Waals surface area contributed by atoms with Gasteiger partial charge in [0.15, 0.2) is 0 Å². The molecule has 3 aromatic rings. The highest BCUT2D eigenvalue weighted by molar-refractivity contribution is 7.12. The third-order valence-electron chi connectivity index (χ3n) is 3.38. The number of fused-ring (bicyclic) bond motifs is 1. The molecule has 0 saturated heterocycles. The van der Waals surface area contributed by atoms with Crippen molar-refractivity contribution in [3.8, 4) is 0 Å². The van der Waals surface area contributed by atoms with Crippen molar-refractivity contribution in [2.45, 2.75) is 6.10 Å². The second kappa shape index (κ2) is 6.08. The molecule has 1 atom stereocenters. The van der Waals surface area contributed by atoms with Gasteiger partial charge in [0.2, 0.25) is 0 Å². The summed E-state index contributed by atoms with van der Waals surface area (Å²) in [7, 11) is 0. The van der Waals surface area contributed by atoms with Crippen LogP contribution in [0.15, 0.2) is 60.0 Å². The molecule has 4 heteroatoms. The molecule has 0 saturated carbocycles. The summed E-state index contributed by atoms with van der Waals surface area (Å²) in [4.78, 5) is 12.5. The van der Waals surface area contributed by atoms with Gasteiger partial charge in [-0.25, -0.2) is 0 Å². The van der Waals surface area contributed by atoms with Crippen LogP contribution in [0.5, 0.6) is 0 Å². The van der Waals surface area contributed by atoms with Gasteiger partial charge >= 0.3 is 0 Å². The minimum atomic E-state index is -0.722. The number of nitrogens with one attached hydrogen (secondary N) is 1. The molecule has 21 heavy (non-hydrogen) atoms. The Morgan fingerprint density at radius 1 is 1.10 bits per heavy atom. The van der Waals surface area contributed by atoms with Gasteiger partial charge in [0.1, 0.15) is 0 Å². The van der Waals surface area contributed by atoms with E-state index in [2.05, 4.69) is 5.32 Å². The van der Waals surface area contributed by atoms with Crippen molar-refractivity contribution in [2.75, 3.05) is 6.54 Å². The predicted molar refractivity (Wildman–Crippen MR) is 85.6 cm³/mol. The third-order valence-corrected chi connectivity index (χ3v) is 4.25. The van der Waals surface area contributed by atoms with Gasteiger partial charge in [0.05, 0.1) is 11.0 Å². The molecule has 0 aliphatic heterocycles. The number of benzene rings is 2. The zero-order valence-electron chi connectivity index (χ0n) is 11.3. The first-order valence-electron chi connectivity index (χ1n) is 6.73. The number of carbonyl (C=O) groups is 1. The van der Waals surface area contributed by atoms with Gasteiger partial charge in [0, 0.05) is 6.54 Å². The Kier molecular flexibility index (Phi) is 3.99. The van der Waals surface area contributed by atoms with Gasteiger partial charge in [-0.2, -0.15) is 0 Å². The highest BCUT2D eigenvalue weighted by Gasteiger charge is 2.13. The number of thiophene rings is 1. The topological polar surface area (TPSA) is 49.3 Å². The third kappa shape index (κ3) is 2.96. The van der Waals surface area contributed by atoms with Gasteiger partial charge in [0.25, 0.3) is 5.91 Å². The highest BCUT2D eigenvalue weighted by Crippen LogP contribution is 2.23. The summed E-state index contributed by atoms with van der Waals surface area (Å²) in [5.41, 5.74) is 0.833. The lowest BCUT2D eigenvalue weighted by Gasteiger charge is -2.14. The predicted octanol–water partition coefficient (Wildman–Crippen LogP) is 3.36. The standard InChI is InChI=1S/C17H15NO2S/c19-15(11-18-17(20)16-9-4-10-21-16)14-8-3-6-12-5-1-2-7-13(12)14/h1-10,15,19H,11H2,(H,18,20)/t15-/m0/s1. The Bertz CT molecular complexity index is 747. The quantitative estimate of drug-likeness (QED) is 0.775. The van der Waals surface area contributed by atoms with E-state index in [1.807, 2.05) is 53.9 Å². The smallest absolute Gasteiger partial charge is 0.261 e. The van der Waals surface area contributed by atoms with Gasteiger partial charge in [-0.3, -0.25) is 4.79 Å². The fourth-order valence-corrected chi connectivity index (χ4v) is 2.98. The molecule has 2 aromatic carbocycles. The van der Waals surface area contributed by atoms with E-state index in [0.717, 1.165) is 16.3 Å².